The van der Waals surface area contributed by atoms with Crippen LogP contribution in [0.2, 0.25) is 5.02 Å². The average Bonchev–Trinajstić information content (AvgIpc) is 2.43. The molecule has 5 nitrogen and oxygen atoms in total. The van der Waals surface area contributed by atoms with E-state index in [2.05, 4.69) is 15.0 Å². The Labute approximate surface area is 142 Å². The molecular formula is C13H13ClIN3O2S. The Balaban J connectivity index is 2.39. The molecule has 2 aromatic rings. The van der Waals surface area contributed by atoms with Crippen molar-refractivity contribution in [2.45, 2.75) is 11.9 Å². The lowest BCUT2D eigenvalue weighted by Gasteiger charge is -2.13. The molecule has 0 unspecified atom stereocenters. The minimum Gasteiger partial charge on any atom is -0.383 e. The van der Waals surface area contributed by atoms with Crippen LogP contribution in [0.1, 0.15) is 6.92 Å². The minimum atomic E-state index is -3.77. The second-order valence-corrected chi connectivity index (χ2v) is 7.31. The first kappa shape index (κ1) is 16.3. The van der Waals surface area contributed by atoms with E-state index in [-0.39, 0.29) is 5.03 Å². The van der Waals surface area contributed by atoms with Crippen LogP contribution in [0, 0.1) is 3.57 Å². The highest BCUT2D eigenvalue weighted by Gasteiger charge is 2.21. The molecule has 0 atom stereocenters. The number of sulfonamides is 1. The lowest BCUT2D eigenvalue weighted by atomic mass is 10.3. The fourth-order valence-electron chi connectivity index (χ4n) is 1.70. The van der Waals surface area contributed by atoms with E-state index in [4.69, 9.17) is 11.6 Å². The topological polar surface area (TPSA) is 71.1 Å². The molecule has 1 aromatic carbocycles. The molecule has 2 rings (SSSR count). The molecular weight excluding hydrogens is 425 g/mol. The Hall–Kier alpha value is -1.06. The quantitative estimate of drug-likeness (QED) is 0.702. The summed E-state index contributed by atoms with van der Waals surface area (Å²) < 4.78 is 28.2. The summed E-state index contributed by atoms with van der Waals surface area (Å²) in [4.78, 5) is 3.97. The van der Waals surface area contributed by atoms with E-state index in [1.807, 2.05) is 29.5 Å². The van der Waals surface area contributed by atoms with Crippen molar-refractivity contribution in [2.24, 2.45) is 0 Å². The molecule has 0 amide bonds. The molecule has 0 aliphatic heterocycles. The van der Waals surface area contributed by atoms with Crippen molar-refractivity contribution in [3.63, 3.8) is 0 Å². The van der Waals surface area contributed by atoms with Gasteiger partial charge in [-0.3, -0.25) is 4.72 Å². The largest absolute Gasteiger partial charge is 0.383 e. The summed E-state index contributed by atoms with van der Waals surface area (Å²) in [7, 11) is -3.77. The van der Waals surface area contributed by atoms with E-state index >= 15 is 0 Å². The fraction of sp³-hybridized carbons (Fsp3) is 0.154. The number of nitrogens with zero attached hydrogens (tertiary/aromatic N) is 1. The Morgan fingerprint density at radius 2 is 2.05 bits per heavy atom. The third kappa shape index (κ3) is 3.98. The summed E-state index contributed by atoms with van der Waals surface area (Å²) in [6, 6.07) is 8.30. The van der Waals surface area contributed by atoms with Crippen LogP contribution < -0.4 is 10.0 Å². The van der Waals surface area contributed by atoms with Gasteiger partial charge < -0.3 is 5.32 Å². The Morgan fingerprint density at radius 3 is 2.71 bits per heavy atom. The van der Waals surface area contributed by atoms with Crippen LogP contribution in [0.15, 0.2) is 41.6 Å². The molecule has 1 heterocycles. The molecule has 0 aliphatic carbocycles. The van der Waals surface area contributed by atoms with Crippen LogP contribution in [0.4, 0.5) is 11.4 Å². The first-order valence-electron chi connectivity index (χ1n) is 6.11. The van der Waals surface area contributed by atoms with E-state index in [0.717, 1.165) is 0 Å². The van der Waals surface area contributed by atoms with E-state index in [9.17, 15) is 8.42 Å². The molecule has 112 valence electrons. The van der Waals surface area contributed by atoms with Crippen LogP contribution >= 0.6 is 34.2 Å². The number of benzene rings is 1. The van der Waals surface area contributed by atoms with E-state index < -0.39 is 10.0 Å². The number of hydrogen-bond acceptors (Lipinski definition) is 4. The predicted molar refractivity (Wildman–Crippen MR) is 93.4 cm³/mol. The number of hydrogen-bond donors (Lipinski definition) is 2. The van der Waals surface area contributed by atoms with Crippen molar-refractivity contribution in [3.05, 3.63) is 45.1 Å². The fourth-order valence-corrected chi connectivity index (χ4v) is 4.08. The van der Waals surface area contributed by atoms with Gasteiger partial charge in [-0.25, -0.2) is 4.98 Å². The van der Waals surface area contributed by atoms with Crippen LogP contribution in [0.5, 0.6) is 0 Å². The standard InChI is InChI=1S/C13H13ClIN3O2S/c1-2-16-12-4-3-7-17-13(12)21(19,20)18-11-6-5-9(14)8-10(11)15/h3-8,16,18H,2H2,1H3. The number of anilines is 2. The van der Waals surface area contributed by atoms with Gasteiger partial charge in [-0.1, -0.05) is 11.6 Å². The maximum atomic E-state index is 12.5. The molecule has 21 heavy (non-hydrogen) atoms. The lowest BCUT2D eigenvalue weighted by molar-refractivity contribution is 0.598. The van der Waals surface area contributed by atoms with Crippen LogP contribution in [0.25, 0.3) is 0 Å². The van der Waals surface area contributed by atoms with Crippen molar-refractivity contribution in [2.75, 3.05) is 16.6 Å². The summed E-state index contributed by atoms with van der Waals surface area (Å²) in [6.07, 6.45) is 1.45. The molecule has 0 fully saturated rings. The normalized spacial score (nSPS) is 11.2. The molecule has 0 spiro atoms. The third-order valence-corrected chi connectivity index (χ3v) is 5.02. The molecule has 0 radical (unpaired) electrons. The monoisotopic (exact) mass is 437 g/mol. The summed E-state index contributed by atoms with van der Waals surface area (Å²) >= 11 is 7.89. The molecule has 0 saturated heterocycles. The molecule has 2 N–H and O–H groups in total. The molecule has 1 aromatic heterocycles. The first-order valence-corrected chi connectivity index (χ1v) is 9.05. The van der Waals surface area contributed by atoms with E-state index in [1.165, 1.54) is 6.20 Å². The van der Waals surface area contributed by atoms with Gasteiger partial charge >= 0.3 is 0 Å². The summed E-state index contributed by atoms with van der Waals surface area (Å²) in [5.74, 6) is 0. The SMILES string of the molecule is CCNc1cccnc1S(=O)(=O)Nc1ccc(Cl)cc1I. The van der Waals surface area contributed by atoms with Gasteiger partial charge in [0.15, 0.2) is 5.03 Å². The van der Waals surface area contributed by atoms with Gasteiger partial charge in [0, 0.05) is 21.3 Å². The summed E-state index contributed by atoms with van der Waals surface area (Å²) in [5, 5.41) is 3.51. The highest BCUT2D eigenvalue weighted by Crippen LogP contribution is 2.26. The maximum Gasteiger partial charge on any atom is 0.281 e. The van der Waals surface area contributed by atoms with Crippen molar-refractivity contribution >= 4 is 55.6 Å². The van der Waals surface area contributed by atoms with Gasteiger partial charge in [0.05, 0.1) is 11.4 Å². The number of pyridine rings is 1. The van der Waals surface area contributed by atoms with Crippen molar-refractivity contribution < 1.29 is 8.42 Å². The van der Waals surface area contributed by atoms with Crippen molar-refractivity contribution in [1.82, 2.24) is 4.98 Å². The average molecular weight is 438 g/mol. The van der Waals surface area contributed by atoms with Gasteiger partial charge in [-0.15, -0.1) is 0 Å². The van der Waals surface area contributed by atoms with Gasteiger partial charge in [0.1, 0.15) is 0 Å². The zero-order valence-electron chi connectivity index (χ0n) is 11.1. The van der Waals surface area contributed by atoms with E-state index in [1.54, 1.807) is 30.3 Å². The number of rotatable bonds is 5. The van der Waals surface area contributed by atoms with Crippen LogP contribution in [0.3, 0.4) is 0 Å². The second-order valence-electron chi connectivity index (χ2n) is 4.12. The van der Waals surface area contributed by atoms with Crippen molar-refractivity contribution in [1.29, 1.82) is 0 Å². The van der Waals surface area contributed by atoms with Gasteiger partial charge in [-0.2, -0.15) is 8.42 Å². The Bertz CT molecular complexity index is 753. The molecule has 0 saturated carbocycles. The second kappa shape index (κ2) is 6.80. The number of halogens is 2. The molecule has 0 bridgehead atoms. The van der Waals surface area contributed by atoms with Crippen LogP contribution in [-0.4, -0.2) is 19.9 Å². The smallest absolute Gasteiger partial charge is 0.281 e. The predicted octanol–water partition coefficient (Wildman–Crippen LogP) is 3.57. The number of nitrogens with one attached hydrogen (secondary N) is 2. The molecule has 0 aliphatic rings. The van der Waals surface area contributed by atoms with E-state index in [0.29, 0.717) is 26.5 Å². The van der Waals surface area contributed by atoms with Crippen molar-refractivity contribution in [3.8, 4) is 0 Å². The van der Waals surface area contributed by atoms with Gasteiger partial charge in [-0.05, 0) is 59.8 Å². The minimum absolute atomic E-state index is 0.0300. The Kier molecular flexibility index (Phi) is 5.28. The lowest BCUT2D eigenvalue weighted by Crippen LogP contribution is -2.17. The highest BCUT2D eigenvalue weighted by molar-refractivity contribution is 14.1. The molecule has 8 heteroatoms. The third-order valence-electron chi connectivity index (χ3n) is 2.57. The number of aromatic nitrogens is 1. The zero-order chi connectivity index (χ0) is 15.5. The first-order chi connectivity index (χ1) is 9.94. The Morgan fingerprint density at radius 1 is 1.29 bits per heavy atom. The maximum absolute atomic E-state index is 12.5. The summed E-state index contributed by atoms with van der Waals surface area (Å²) in [6.45, 7) is 2.49. The zero-order valence-corrected chi connectivity index (χ0v) is 14.8. The van der Waals surface area contributed by atoms with Crippen LogP contribution in [-0.2, 0) is 10.0 Å². The van der Waals surface area contributed by atoms with Gasteiger partial charge in [0.2, 0.25) is 0 Å². The highest BCUT2D eigenvalue weighted by atomic mass is 127. The summed E-state index contributed by atoms with van der Waals surface area (Å²) in [5.41, 5.74) is 0.935. The van der Waals surface area contributed by atoms with Gasteiger partial charge in [0.25, 0.3) is 10.0 Å².